The molecule has 1 aromatic heterocycles. The first-order chi connectivity index (χ1) is 15.5. The molecule has 8 heteroatoms. The van der Waals surface area contributed by atoms with Crippen LogP contribution in [-0.4, -0.2) is 36.3 Å². The number of nitrogens with zero attached hydrogens (tertiary/aromatic N) is 2. The molecular weight excluding hydrogens is 424 g/mol. The lowest BCUT2D eigenvalue weighted by Gasteiger charge is -2.22. The lowest BCUT2D eigenvalue weighted by Crippen LogP contribution is -2.24. The third-order valence-electron chi connectivity index (χ3n) is 4.90. The van der Waals surface area contributed by atoms with Crippen LogP contribution in [0.25, 0.3) is 17.3 Å². The fourth-order valence-electron chi connectivity index (χ4n) is 3.22. The Balaban J connectivity index is 1.36. The molecular formula is C24H22N4O3S. The van der Waals surface area contributed by atoms with Crippen LogP contribution in [0.2, 0.25) is 0 Å². The highest BCUT2D eigenvalue weighted by atomic mass is 32.2. The van der Waals surface area contributed by atoms with Gasteiger partial charge >= 0.3 is 0 Å². The Morgan fingerprint density at radius 1 is 1.09 bits per heavy atom. The van der Waals surface area contributed by atoms with Gasteiger partial charge in [-0.15, -0.1) is 0 Å². The Morgan fingerprint density at radius 2 is 1.84 bits per heavy atom. The van der Waals surface area contributed by atoms with E-state index >= 15 is 0 Å². The minimum atomic E-state index is -0.364. The largest absolute Gasteiger partial charge is 0.492 e. The van der Waals surface area contributed by atoms with E-state index in [1.807, 2.05) is 67.7 Å². The summed E-state index contributed by atoms with van der Waals surface area (Å²) in [4.78, 5) is 29.9. The van der Waals surface area contributed by atoms with E-state index in [9.17, 15) is 9.59 Å². The van der Waals surface area contributed by atoms with Crippen LogP contribution in [0.4, 0.5) is 16.2 Å². The number of ether oxygens (including phenoxy) is 1. The van der Waals surface area contributed by atoms with E-state index in [1.54, 1.807) is 12.3 Å². The number of anilines is 2. The van der Waals surface area contributed by atoms with Crippen molar-refractivity contribution in [3.8, 4) is 17.0 Å². The first kappa shape index (κ1) is 21.5. The number of hydrogen-bond acceptors (Lipinski definition) is 7. The topological polar surface area (TPSA) is 97.5 Å². The lowest BCUT2D eigenvalue weighted by atomic mass is 10.1. The maximum atomic E-state index is 11.6. The summed E-state index contributed by atoms with van der Waals surface area (Å²) in [7, 11) is 2.00. The Bertz CT molecular complexity index is 1160. The molecule has 2 amide bonds. The number of nitrogens with two attached hydrogens (primary N) is 1. The summed E-state index contributed by atoms with van der Waals surface area (Å²) in [6, 6.07) is 19.0. The predicted molar refractivity (Wildman–Crippen MR) is 128 cm³/mol. The molecule has 0 aliphatic carbocycles. The van der Waals surface area contributed by atoms with Gasteiger partial charge in [0.2, 0.25) is 0 Å². The second-order valence-electron chi connectivity index (χ2n) is 7.18. The Labute approximate surface area is 190 Å². The Hall–Kier alpha value is -3.78. The Morgan fingerprint density at radius 3 is 2.53 bits per heavy atom. The van der Waals surface area contributed by atoms with Crippen molar-refractivity contribution >= 4 is 40.4 Å². The predicted octanol–water partition coefficient (Wildman–Crippen LogP) is 4.17. The second-order valence-corrected chi connectivity index (χ2v) is 8.20. The van der Waals surface area contributed by atoms with Crippen molar-refractivity contribution in [2.24, 2.45) is 0 Å². The summed E-state index contributed by atoms with van der Waals surface area (Å²) < 4.78 is 5.88. The molecule has 162 valence electrons. The van der Waals surface area contributed by atoms with Crippen molar-refractivity contribution in [3.05, 3.63) is 77.3 Å². The van der Waals surface area contributed by atoms with Crippen LogP contribution >= 0.6 is 11.8 Å². The van der Waals surface area contributed by atoms with Gasteiger partial charge in [0.05, 0.1) is 22.8 Å². The van der Waals surface area contributed by atoms with Crippen LogP contribution < -0.4 is 20.7 Å². The molecule has 0 atom stereocenters. The van der Waals surface area contributed by atoms with E-state index in [1.165, 1.54) is 0 Å². The summed E-state index contributed by atoms with van der Waals surface area (Å²) in [6.07, 6.45) is 3.46. The standard InChI is InChI=1S/C24H22N4O3S/c1-28(20-3-2-12-26-22(20)17-6-8-18(25)9-7-17)13-14-31-19-10-4-16(5-11-19)15-21-23(29)27-24(30)32-21/h2-12,15H,13-14,25H2,1H3,(H,27,29,30). The normalized spacial score (nSPS) is 14.5. The first-order valence-electron chi connectivity index (χ1n) is 9.99. The summed E-state index contributed by atoms with van der Waals surface area (Å²) in [6.45, 7) is 1.15. The zero-order valence-corrected chi connectivity index (χ0v) is 18.3. The zero-order valence-electron chi connectivity index (χ0n) is 17.4. The third kappa shape index (κ3) is 5.09. The minimum absolute atomic E-state index is 0.349. The highest BCUT2D eigenvalue weighted by Gasteiger charge is 2.24. The maximum absolute atomic E-state index is 11.6. The number of carbonyl (C=O) groups excluding carboxylic acids is 2. The summed E-state index contributed by atoms with van der Waals surface area (Å²) in [5.41, 5.74) is 10.2. The molecule has 4 rings (SSSR count). The maximum Gasteiger partial charge on any atom is 0.290 e. The number of thioether (sulfide) groups is 1. The number of nitrogen functional groups attached to an aromatic ring is 1. The molecule has 0 spiro atoms. The van der Waals surface area contributed by atoms with Gasteiger partial charge in [0, 0.05) is 24.5 Å². The van der Waals surface area contributed by atoms with E-state index < -0.39 is 0 Å². The number of nitrogens with one attached hydrogen (secondary N) is 1. The molecule has 1 saturated heterocycles. The quantitative estimate of drug-likeness (QED) is 0.415. The van der Waals surface area contributed by atoms with Gasteiger partial charge in [0.15, 0.2) is 0 Å². The van der Waals surface area contributed by atoms with Gasteiger partial charge < -0.3 is 15.4 Å². The van der Waals surface area contributed by atoms with Crippen LogP contribution in [0, 0.1) is 0 Å². The SMILES string of the molecule is CN(CCOc1ccc(C=C2SC(=O)NC2=O)cc1)c1cccnc1-c1ccc(N)cc1. The molecule has 0 bridgehead atoms. The monoisotopic (exact) mass is 446 g/mol. The number of aromatic nitrogens is 1. The van der Waals surface area contributed by atoms with Crippen molar-refractivity contribution < 1.29 is 14.3 Å². The molecule has 1 aliphatic heterocycles. The number of likely N-dealkylation sites (N-methyl/N-ethyl adjacent to an activating group) is 1. The van der Waals surface area contributed by atoms with E-state index in [2.05, 4.69) is 15.2 Å². The van der Waals surface area contributed by atoms with Crippen LogP contribution in [0.3, 0.4) is 0 Å². The molecule has 0 saturated carbocycles. The second kappa shape index (κ2) is 9.57. The molecule has 3 aromatic rings. The summed E-state index contributed by atoms with van der Waals surface area (Å²) >= 11 is 0.901. The Kier molecular flexibility index (Phi) is 6.42. The van der Waals surface area contributed by atoms with Gasteiger partial charge in [-0.05, 0) is 59.8 Å². The van der Waals surface area contributed by atoms with E-state index in [0.717, 1.165) is 40.0 Å². The summed E-state index contributed by atoms with van der Waals surface area (Å²) in [5.74, 6) is 0.363. The van der Waals surface area contributed by atoms with E-state index in [4.69, 9.17) is 10.5 Å². The fourth-order valence-corrected chi connectivity index (χ4v) is 3.90. The van der Waals surface area contributed by atoms with Crippen molar-refractivity contribution in [1.82, 2.24) is 10.3 Å². The van der Waals surface area contributed by atoms with Gasteiger partial charge in [-0.1, -0.05) is 24.3 Å². The summed E-state index contributed by atoms with van der Waals surface area (Å²) in [5, 5.41) is 1.90. The molecule has 32 heavy (non-hydrogen) atoms. The number of benzene rings is 2. The van der Waals surface area contributed by atoms with Gasteiger partial charge in [-0.2, -0.15) is 0 Å². The lowest BCUT2D eigenvalue weighted by molar-refractivity contribution is -0.115. The first-order valence-corrected chi connectivity index (χ1v) is 10.8. The zero-order chi connectivity index (χ0) is 22.5. The van der Waals surface area contributed by atoms with E-state index in [0.29, 0.717) is 23.7 Å². The number of carbonyl (C=O) groups is 2. The number of rotatable bonds is 7. The van der Waals surface area contributed by atoms with Gasteiger partial charge in [-0.25, -0.2) is 0 Å². The highest BCUT2D eigenvalue weighted by molar-refractivity contribution is 8.18. The van der Waals surface area contributed by atoms with Gasteiger partial charge in [0.1, 0.15) is 12.4 Å². The number of pyridine rings is 1. The van der Waals surface area contributed by atoms with Crippen molar-refractivity contribution in [2.75, 3.05) is 30.8 Å². The van der Waals surface area contributed by atoms with Crippen LogP contribution in [0.5, 0.6) is 5.75 Å². The number of amides is 2. The molecule has 1 fully saturated rings. The highest BCUT2D eigenvalue weighted by Crippen LogP contribution is 2.29. The third-order valence-corrected chi connectivity index (χ3v) is 5.71. The molecule has 2 aromatic carbocycles. The average molecular weight is 447 g/mol. The van der Waals surface area contributed by atoms with Crippen LogP contribution in [0.15, 0.2) is 71.8 Å². The van der Waals surface area contributed by atoms with Crippen molar-refractivity contribution in [2.45, 2.75) is 0 Å². The number of hydrogen-bond donors (Lipinski definition) is 2. The number of imide groups is 1. The molecule has 1 aliphatic rings. The van der Waals surface area contributed by atoms with Crippen LogP contribution in [-0.2, 0) is 4.79 Å². The van der Waals surface area contributed by atoms with Crippen molar-refractivity contribution in [1.29, 1.82) is 0 Å². The van der Waals surface area contributed by atoms with Gasteiger partial charge in [-0.3, -0.25) is 19.9 Å². The van der Waals surface area contributed by atoms with Crippen LogP contribution in [0.1, 0.15) is 5.56 Å². The molecule has 0 radical (unpaired) electrons. The van der Waals surface area contributed by atoms with E-state index in [-0.39, 0.29) is 11.1 Å². The molecule has 7 nitrogen and oxygen atoms in total. The molecule has 0 unspecified atom stereocenters. The van der Waals surface area contributed by atoms with Crippen molar-refractivity contribution in [3.63, 3.8) is 0 Å². The molecule has 3 N–H and O–H groups in total. The average Bonchev–Trinajstić information content (AvgIpc) is 3.12. The van der Waals surface area contributed by atoms with Gasteiger partial charge in [0.25, 0.3) is 11.1 Å². The fraction of sp³-hybridized carbons (Fsp3) is 0.125. The molecule has 2 heterocycles. The smallest absolute Gasteiger partial charge is 0.290 e. The minimum Gasteiger partial charge on any atom is -0.492 e.